The van der Waals surface area contributed by atoms with Crippen LogP contribution in [0.2, 0.25) is 0 Å². The van der Waals surface area contributed by atoms with E-state index in [1.54, 1.807) is 16.7 Å². The zero-order chi connectivity index (χ0) is 15.4. The predicted octanol–water partition coefficient (Wildman–Crippen LogP) is 1.84. The van der Waals surface area contributed by atoms with Crippen LogP contribution in [0.5, 0.6) is 0 Å². The Morgan fingerprint density at radius 2 is 2.00 bits per heavy atom. The van der Waals surface area contributed by atoms with Crippen molar-refractivity contribution in [1.82, 2.24) is 19.6 Å². The molecule has 2 heterocycles. The van der Waals surface area contributed by atoms with Crippen LogP contribution in [-0.2, 0) is 22.8 Å². The highest BCUT2D eigenvalue weighted by molar-refractivity contribution is 5.44. The molecule has 0 radical (unpaired) electrons. The second-order valence-electron chi connectivity index (χ2n) is 4.77. The van der Waals surface area contributed by atoms with Gasteiger partial charge in [0.1, 0.15) is 6.33 Å². The van der Waals surface area contributed by atoms with E-state index in [1.165, 1.54) is 6.33 Å². The smallest absolute Gasteiger partial charge is 0.254 e. The molecular formula is C15H17N5O2. The number of fused-ring (bicyclic) bond motifs is 1. The summed E-state index contributed by atoms with van der Waals surface area (Å²) in [5, 5.41) is 5.84. The van der Waals surface area contributed by atoms with Gasteiger partial charge >= 0.3 is 0 Å². The first-order valence-electron chi connectivity index (χ1n) is 6.87. The van der Waals surface area contributed by atoms with Gasteiger partial charge in [-0.2, -0.15) is 14.6 Å². The summed E-state index contributed by atoms with van der Waals surface area (Å²) in [6.45, 7) is 0.873. The highest BCUT2D eigenvalue weighted by Crippen LogP contribution is 2.16. The second-order valence-corrected chi connectivity index (χ2v) is 4.77. The van der Waals surface area contributed by atoms with E-state index in [4.69, 9.17) is 9.57 Å². The minimum absolute atomic E-state index is 0.406. The van der Waals surface area contributed by atoms with E-state index >= 15 is 0 Å². The van der Waals surface area contributed by atoms with Crippen molar-refractivity contribution >= 4 is 11.6 Å². The third kappa shape index (κ3) is 3.05. The van der Waals surface area contributed by atoms with Gasteiger partial charge in [0.15, 0.2) is 5.82 Å². The molecule has 0 unspecified atom stereocenters. The molecule has 0 aliphatic rings. The van der Waals surface area contributed by atoms with E-state index in [0.29, 0.717) is 19.0 Å². The lowest BCUT2D eigenvalue weighted by Crippen LogP contribution is -2.21. The van der Waals surface area contributed by atoms with E-state index < -0.39 is 0 Å². The summed E-state index contributed by atoms with van der Waals surface area (Å²) in [5.41, 5.74) is 1.86. The Balaban J connectivity index is 1.83. The van der Waals surface area contributed by atoms with E-state index in [1.807, 2.05) is 43.4 Å². The number of benzene rings is 1. The molecule has 2 aromatic heterocycles. The predicted molar refractivity (Wildman–Crippen MR) is 81.1 cm³/mol. The zero-order valence-corrected chi connectivity index (χ0v) is 12.5. The molecule has 3 rings (SSSR count). The van der Waals surface area contributed by atoms with Crippen LogP contribution >= 0.6 is 0 Å². The topological polar surface area (TPSA) is 64.8 Å². The molecule has 0 amide bonds. The summed E-state index contributed by atoms with van der Waals surface area (Å²) in [5.74, 6) is 1.25. The van der Waals surface area contributed by atoms with Gasteiger partial charge < -0.3 is 4.74 Å². The number of hydrogen-bond donors (Lipinski definition) is 0. The molecule has 1 aromatic carbocycles. The summed E-state index contributed by atoms with van der Waals surface area (Å²) in [6, 6.07) is 11.8. The first-order chi connectivity index (χ1) is 10.8. The normalized spacial score (nSPS) is 11.0. The number of anilines is 1. The van der Waals surface area contributed by atoms with Gasteiger partial charge in [0.05, 0.1) is 18.9 Å². The first kappa shape index (κ1) is 14.4. The first-order valence-corrected chi connectivity index (χ1v) is 6.87. The van der Waals surface area contributed by atoms with E-state index in [2.05, 4.69) is 15.1 Å². The van der Waals surface area contributed by atoms with Crippen molar-refractivity contribution in [3.05, 3.63) is 54.0 Å². The third-order valence-corrected chi connectivity index (χ3v) is 3.17. The Bertz CT molecular complexity index is 744. The number of aromatic nitrogens is 4. The highest BCUT2D eigenvalue weighted by Gasteiger charge is 2.12. The molecule has 22 heavy (non-hydrogen) atoms. The molecule has 0 saturated heterocycles. The van der Waals surface area contributed by atoms with Gasteiger partial charge in [0.2, 0.25) is 0 Å². The number of hydrogen-bond acceptors (Lipinski definition) is 6. The molecule has 0 aliphatic carbocycles. The van der Waals surface area contributed by atoms with Crippen molar-refractivity contribution in [2.24, 2.45) is 0 Å². The van der Waals surface area contributed by atoms with Crippen LogP contribution in [0, 0.1) is 0 Å². The van der Waals surface area contributed by atoms with Gasteiger partial charge in [-0.1, -0.05) is 30.3 Å². The number of methoxy groups -OCH3 is 1. The molecule has 0 spiro atoms. The fraction of sp³-hybridized carbons (Fsp3) is 0.267. The van der Waals surface area contributed by atoms with Gasteiger partial charge in [-0.3, -0.25) is 4.84 Å². The number of nitrogens with zero attached hydrogens (tertiary/aromatic N) is 5. The Hall–Kier alpha value is -2.51. The standard InChI is InChI=1S/C15H17N5O2/c1-19(22-9-12-6-4-3-5-7-12)14-8-13(10-21-2)18-15-16-11-17-20(14)15/h3-8,11H,9-10H2,1-2H3. The Morgan fingerprint density at radius 3 is 2.77 bits per heavy atom. The largest absolute Gasteiger partial charge is 0.378 e. The Labute approximate surface area is 128 Å². The van der Waals surface area contributed by atoms with Crippen molar-refractivity contribution in [3.63, 3.8) is 0 Å². The molecule has 7 heteroatoms. The maximum atomic E-state index is 5.80. The van der Waals surface area contributed by atoms with Crippen LogP contribution < -0.4 is 5.06 Å². The van der Waals surface area contributed by atoms with Crippen molar-refractivity contribution in [2.45, 2.75) is 13.2 Å². The lowest BCUT2D eigenvalue weighted by molar-refractivity contribution is 0.105. The molecular weight excluding hydrogens is 282 g/mol. The van der Waals surface area contributed by atoms with Gasteiger partial charge in [-0.15, -0.1) is 0 Å². The average molecular weight is 299 g/mol. The monoisotopic (exact) mass is 299 g/mol. The lowest BCUT2D eigenvalue weighted by atomic mass is 10.2. The van der Waals surface area contributed by atoms with Gasteiger partial charge in [0, 0.05) is 20.2 Å². The third-order valence-electron chi connectivity index (χ3n) is 3.17. The number of hydroxylamine groups is 1. The van der Waals surface area contributed by atoms with Crippen molar-refractivity contribution in [2.75, 3.05) is 19.2 Å². The van der Waals surface area contributed by atoms with Crippen molar-refractivity contribution in [3.8, 4) is 0 Å². The van der Waals surface area contributed by atoms with Crippen LogP contribution in [0.1, 0.15) is 11.3 Å². The molecule has 3 aromatic rings. The fourth-order valence-electron chi connectivity index (χ4n) is 2.10. The van der Waals surface area contributed by atoms with Crippen LogP contribution in [0.15, 0.2) is 42.7 Å². The molecule has 0 bridgehead atoms. The molecule has 0 atom stereocenters. The summed E-state index contributed by atoms with van der Waals surface area (Å²) < 4.78 is 6.77. The number of ether oxygens (including phenoxy) is 1. The summed E-state index contributed by atoms with van der Waals surface area (Å²) >= 11 is 0. The van der Waals surface area contributed by atoms with Crippen LogP contribution in [-0.4, -0.2) is 33.7 Å². The van der Waals surface area contributed by atoms with Crippen LogP contribution in [0.25, 0.3) is 5.78 Å². The summed E-state index contributed by atoms with van der Waals surface area (Å²) in [7, 11) is 3.46. The quantitative estimate of drug-likeness (QED) is 0.647. The van der Waals surface area contributed by atoms with Gasteiger partial charge in [-0.25, -0.2) is 10.0 Å². The van der Waals surface area contributed by atoms with Crippen LogP contribution in [0.4, 0.5) is 5.82 Å². The lowest BCUT2D eigenvalue weighted by Gasteiger charge is -2.19. The zero-order valence-electron chi connectivity index (χ0n) is 12.5. The van der Waals surface area contributed by atoms with E-state index in [-0.39, 0.29) is 0 Å². The number of rotatable bonds is 6. The molecule has 0 N–H and O–H groups in total. The average Bonchev–Trinajstić information content (AvgIpc) is 3.01. The highest BCUT2D eigenvalue weighted by atomic mass is 16.7. The second kappa shape index (κ2) is 6.50. The molecule has 0 fully saturated rings. The maximum Gasteiger partial charge on any atom is 0.254 e. The van der Waals surface area contributed by atoms with E-state index in [9.17, 15) is 0 Å². The van der Waals surface area contributed by atoms with E-state index in [0.717, 1.165) is 17.1 Å². The Morgan fingerprint density at radius 1 is 1.18 bits per heavy atom. The molecule has 114 valence electrons. The minimum atomic E-state index is 0.406. The van der Waals surface area contributed by atoms with Gasteiger partial charge in [0.25, 0.3) is 5.78 Å². The van der Waals surface area contributed by atoms with Crippen LogP contribution in [0.3, 0.4) is 0 Å². The van der Waals surface area contributed by atoms with Crippen molar-refractivity contribution in [1.29, 1.82) is 0 Å². The maximum absolute atomic E-state index is 5.80. The molecule has 0 saturated carbocycles. The SMILES string of the molecule is COCc1cc(N(C)OCc2ccccc2)n2ncnc2n1. The summed E-state index contributed by atoms with van der Waals surface area (Å²) in [6.07, 6.45) is 1.47. The summed E-state index contributed by atoms with van der Waals surface area (Å²) in [4.78, 5) is 14.3. The van der Waals surface area contributed by atoms with Gasteiger partial charge in [-0.05, 0) is 5.56 Å². The molecule has 7 nitrogen and oxygen atoms in total. The minimum Gasteiger partial charge on any atom is -0.378 e. The fourth-order valence-corrected chi connectivity index (χ4v) is 2.10. The van der Waals surface area contributed by atoms with Crippen molar-refractivity contribution < 1.29 is 9.57 Å². The Kier molecular flexibility index (Phi) is 4.27. The molecule has 0 aliphatic heterocycles.